The monoisotopic (exact) mass is 365 g/mol. The van der Waals surface area contributed by atoms with Gasteiger partial charge in [0.1, 0.15) is 23.8 Å². The number of benzene rings is 2. The summed E-state index contributed by atoms with van der Waals surface area (Å²) in [5.74, 6) is 0. The van der Waals surface area contributed by atoms with Crippen LogP contribution in [0.1, 0.15) is 13.2 Å². The number of nitrogens with zero attached hydrogens (tertiary/aromatic N) is 3. The molecule has 0 spiro atoms. The first-order valence-electron chi connectivity index (χ1n) is 8.91. The Bertz CT molecular complexity index is 1160. The number of aliphatic hydroxyl groups is 3. The molecule has 7 heteroatoms. The van der Waals surface area contributed by atoms with E-state index in [1.165, 1.54) is 0 Å². The molecule has 4 aromatic rings. The van der Waals surface area contributed by atoms with Crippen molar-refractivity contribution in [3.05, 3.63) is 48.5 Å². The Hall–Kier alpha value is -2.58. The fourth-order valence-corrected chi connectivity index (χ4v) is 3.84. The SMILES string of the molecule is C[C@@H]1O[C@H](n2c3ccccc3c3nc4ccccc4nc32)[C@H](O)[C@H](O)[C@H]1O. The quantitative estimate of drug-likeness (QED) is 0.475. The number of hydrogen-bond acceptors (Lipinski definition) is 6. The summed E-state index contributed by atoms with van der Waals surface area (Å²) < 4.78 is 7.65. The lowest BCUT2D eigenvalue weighted by Gasteiger charge is -2.40. The largest absolute Gasteiger partial charge is 0.388 e. The minimum atomic E-state index is -1.32. The second kappa shape index (κ2) is 5.97. The van der Waals surface area contributed by atoms with Crippen LogP contribution in [0.4, 0.5) is 0 Å². The summed E-state index contributed by atoms with van der Waals surface area (Å²) in [4.78, 5) is 9.53. The summed E-state index contributed by atoms with van der Waals surface area (Å²) >= 11 is 0. The summed E-state index contributed by atoms with van der Waals surface area (Å²) in [6.07, 6.45) is -5.31. The van der Waals surface area contributed by atoms with Crippen molar-refractivity contribution in [1.29, 1.82) is 0 Å². The minimum absolute atomic E-state index is 0.565. The van der Waals surface area contributed by atoms with Crippen molar-refractivity contribution in [3.63, 3.8) is 0 Å². The van der Waals surface area contributed by atoms with Crippen molar-refractivity contribution in [1.82, 2.24) is 14.5 Å². The van der Waals surface area contributed by atoms with Crippen molar-refractivity contribution in [2.45, 2.75) is 37.6 Å². The highest BCUT2D eigenvalue weighted by Crippen LogP contribution is 2.36. The summed E-state index contributed by atoms with van der Waals surface area (Å²) in [6, 6.07) is 15.2. The molecule has 1 fully saturated rings. The fraction of sp³-hybridized carbons (Fsp3) is 0.300. The summed E-state index contributed by atoms with van der Waals surface area (Å²) in [6.45, 7) is 1.67. The number of aromatic nitrogens is 3. The highest BCUT2D eigenvalue weighted by atomic mass is 16.5. The second-order valence-corrected chi connectivity index (χ2v) is 6.98. The molecule has 0 aliphatic carbocycles. The van der Waals surface area contributed by atoms with Gasteiger partial charge in [0, 0.05) is 5.39 Å². The van der Waals surface area contributed by atoms with Crippen LogP contribution in [0.15, 0.2) is 48.5 Å². The zero-order chi connectivity index (χ0) is 18.7. The Morgan fingerprint density at radius 3 is 2.30 bits per heavy atom. The van der Waals surface area contributed by atoms with Gasteiger partial charge in [0.15, 0.2) is 11.9 Å². The van der Waals surface area contributed by atoms with E-state index in [0.29, 0.717) is 11.2 Å². The number of rotatable bonds is 1. The van der Waals surface area contributed by atoms with Gasteiger partial charge in [-0.25, -0.2) is 9.97 Å². The van der Waals surface area contributed by atoms with Gasteiger partial charge in [0.05, 0.1) is 22.7 Å². The molecule has 5 rings (SSSR count). The Balaban J connectivity index is 1.83. The first kappa shape index (κ1) is 16.6. The molecular formula is C20H19N3O4. The maximum absolute atomic E-state index is 10.6. The van der Waals surface area contributed by atoms with E-state index in [0.717, 1.165) is 21.9 Å². The summed E-state index contributed by atoms with van der Waals surface area (Å²) in [7, 11) is 0. The molecule has 0 saturated carbocycles. The minimum Gasteiger partial charge on any atom is -0.388 e. The normalized spacial score (nSPS) is 29.0. The Morgan fingerprint density at radius 1 is 0.852 bits per heavy atom. The smallest absolute Gasteiger partial charge is 0.164 e. The van der Waals surface area contributed by atoms with Crippen LogP contribution in [-0.4, -0.2) is 54.3 Å². The number of para-hydroxylation sites is 3. The first-order valence-corrected chi connectivity index (χ1v) is 8.91. The molecule has 0 amide bonds. The van der Waals surface area contributed by atoms with Crippen LogP contribution in [0.3, 0.4) is 0 Å². The second-order valence-electron chi connectivity index (χ2n) is 6.98. The van der Waals surface area contributed by atoms with E-state index < -0.39 is 30.6 Å². The van der Waals surface area contributed by atoms with Gasteiger partial charge in [-0.15, -0.1) is 0 Å². The van der Waals surface area contributed by atoms with Gasteiger partial charge in [-0.3, -0.25) is 4.57 Å². The van der Waals surface area contributed by atoms with E-state index in [1.807, 2.05) is 48.5 Å². The van der Waals surface area contributed by atoms with Gasteiger partial charge in [-0.1, -0.05) is 30.3 Å². The van der Waals surface area contributed by atoms with Crippen LogP contribution in [0.25, 0.3) is 33.1 Å². The molecule has 27 heavy (non-hydrogen) atoms. The van der Waals surface area contributed by atoms with Gasteiger partial charge in [0.2, 0.25) is 0 Å². The van der Waals surface area contributed by atoms with E-state index in [1.54, 1.807) is 11.5 Å². The van der Waals surface area contributed by atoms with Crippen molar-refractivity contribution < 1.29 is 20.1 Å². The molecule has 7 nitrogen and oxygen atoms in total. The molecule has 1 aliphatic heterocycles. The maximum atomic E-state index is 10.6. The molecular weight excluding hydrogens is 346 g/mol. The van der Waals surface area contributed by atoms with Gasteiger partial charge >= 0.3 is 0 Å². The Kier molecular flexibility index (Phi) is 3.66. The fourth-order valence-electron chi connectivity index (χ4n) is 3.84. The number of hydrogen-bond donors (Lipinski definition) is 3. The number of ether oxygens (including phenoxy) is 1. The third kappa shape index (κ3) is 2.36. The molecule has 0 bridgehead atoms. The predicted octanol–water partition coefficient (Wildman–Crippen LogP) is 1.74. The van der Waals surface area contributed by atoms with Crippen LogP contribution < -0.4 is 0 Å². The van der Waals surface area contributed by atoms with Crippen LogP contribution in [0, 0.1) is 0 Å². The lowest BCUT2D eigenvalue weighted by atomic mass is 9.99. The van der Waals surface area contributed by atoms with Crippen molar-refractivity contribution in [3.8, 4) is 0 Å². The molecule has 3 heterocycles. The molecule has 1 aliphatic rings. The average molecular weight is 365 g/mol. The van der Waals surface area contributed by atoms with Gasteiger partial charge in [-0.05, 0) is 25.1 Å². The Labute approximate surface area is 154 Å². The molecule has 1 saturated heterocycles. The van der Waals surface area contributed by atoms with Crippen LogP contribution in [0.2, 0.25) is 0 Å². The average Bonchev–Trinajstić information content (AvgIpc) is 3.01. The third-order valence-corrected chi connectivity index (χ3v) is 5.28. The van der Waals surface area contributed by atoms with E-state index in [2.05, 4.69) is 0 Å². The maximum Gasteiger partial charge on any atom is 0.164 e. The first-order chi connectivity index (χ1) is 13.1. The predicted molar refractivity (Wildman–Crippen MR) is 100 cm³/mol. The van der Waals surface area contributed by atoms with E-state index in [-0.39, 0.29) is 0 Å². The highest BCUT2D eigenvalue weighted by Gasteiger charge is 2.43. The Morgan fingerprint density at radius 2 is 1.52 bits per heavy atom. The van der Waals surface area contributed by atoms with Crippen LogP contribution in [-0.2, 0) is 4.74 Å². The van der Waals surface area contributed by atoms with E-state index in [4.69, 9.17) is 14.7 Å². The number of fused-ring (bicyclic) bond motifs is 4. The lowest BCUT2D eigenvalue weighted by Crippen LogP contribution is -2.54. The van der Waals surface area contributed by atoms with Crippen LogP contribution >= 0.6 is 0 Å². The molecule has 138 valence electrons. The van der Waals surface area contributed by atoms with Gasteiger partial charge < -0.3 is 20.1 Å². The molecule has 3 N–H and O–H groups in total. The van der Waals surface area contributed by atoms with E-state index >= 15 is 0 Å². The van der Waals surface area contributed by atoms with Crippen molar-refractivity contribution in [2.24, 2.45) is 0 Å². The molecule has 0 unspecified atom stereocenters. The highest BCUT2D eigenvalue weighted by molar-refractivity contribution is 6.06. The number of aliphatic hydroxyl groups excluding tert-OH is 3. The van der Waals surface area contributed by atoms with Crippen LogP contribution in [0.5, 0.6) is 0 Å². The zero-order valence-corrected chi connectivity index (χ0v) is 14.6. The standard InChI is InChI=1S/C20H19N3O4/c1-10-16(24)17(25)18(26)20(27-10)23-14-9-5-2-6-11(14)15-19(23)22-13-8-4-3-7-12(13)21-15/h2-10,16-18,20,24-26H,1H3/t10-,16-,17+,18+,20-/m0/s1. The lowest BCUT2D eigenvalue weighted by molar-refractivity contribution is -0.238. The molecule has 0 radical (unpaired) electrons. The molecule has 2 aromatic carbocycles. The van der Waals surface area contributed by atoms with Crippen molar-refractivity contribution in [2.75, 3.05) is 0 Å². The summed E-state index contributed by atoms with van der Waals surface area (Å²) in [5.41, 5.74) is 3.57. The van der Waals surface area contributed by atoms with Gasteiger partial charge in [-0.2, -0.15) is 0 Å². The zero-order valence-electron chi connectivity index (χ0n) is 14.6. The third-order valence-electron chi connectivity index (χ3n) is 5.28. The molecule has 2 aromatic heterocycles. The topological polar surface area (TPSA) is 101 Å². The van der Waals surface area contributed by atoms with Crippen molar-refractivity contribution >= 4 is 33.1 Å². The van der Waals surface area contributed by atoms with E-state index in [9.17, 15) is 15.3 Å². The molecule has 5 atom stereocenters. The van der Waals surface area contributed by atoms with Gasteiger partial charge in [0.25, 0.3) is 0 Å². The summed E-state index contributed by atoms with van der Waals surface area (Å²) in [5, 5.41) is 31.8.